The number of rotatable bonds is 13. The monoisotopic (exact) mass is 655 g/mol. The third-order valence-electron chi connectivity index (χ3n) is 9.87. The number of nitrogens with one attached hydrogen (secondary N) is 2. The minimum absolute atomic E-state index is 0.0430. The molecule has 48 heavy (non-hydrogen) atoms. The van der Waals surface area contributed by atoms with Gasteiger partial charge in [-0.3, -0.25) is 14.4 Å². The molecule has 3 aliphatic carbocycles. The Balaban J connectivity index is 1.15. The molecule has 2 aromatic heterocycles. The number of aromatic nitrogens is 2. The van der Waals surface area contributed by atoms with Crippen LogP contribution in [0.3, 0.4) is 0 Å². The molecule has 7 rings (SSSR count). The van der Waals surface area contributed by atoms with Crippen molar-refractivity contribution in [3.63, 3.8) is 0 Å². The normalized spacial score (nSPS) is 20.2. The first-order valence-corrected chi connectivity index (χ1v) is 17.0. The number of ether oxygens (including phenoxy) is 1. The van der Waals surface area contributed by atoms with Crippen LogP contribution in [0.5, 0.6) is 0 Å². The van der Waals surface area contributed by atoms with Crippen LogP contribution in [0.4, 0.5) is 14.6 Å². The van der Waals surface area contributed by atoms with Gasteiger partial charge in [0.25, 0.3) is 11.5 Å². The molecule has 3 heterocycles. The van der Waals surface area contributed by atoms with Gasteiger partial charge in [-0.1, -0.05) is 6.07 Å². The molecule has 4 fully saturated rings. The van der Waals surface area contributed by atoms with E-state index < -0.39 is 11.8 Å². The summed E-state index contributed by atoms with van der Waals surface area (Å²) < 4.78 is 33.9. The van der Waals surface area contributed by atoms with Crippen LogP contribution in [0, 0.1) is 23.2 Å². The first kappa shape index (κ1) is 32.3. The molecule has 1 amide bonds. The van der Waals surface area contributed by atoms with Gasteiger partial charge in [-0.2, -0.15) is 5.26 Å². The molecule has 1 aromatic carbocycles. The molecule has 1 saturated heterocycles. The summed E-state index contributed by atoms with van der Waals surface area (Å²) in [6, 6.07) is 12.3. The SMILES string of the molecule is N#Cc1ccc(-c2cc(NC(=O)c3cc(CNC[C@@H]4CCOC4)cn(C4CC4)c3=O)nc(C3CC3)c2)c(C(=O)CCC2CC(F)(F)C2)c1. The Morgan fingerprint density at radius 3 is 2.54 bits per heavy atom. The number of Topliss-reactive ketones (excluding diaryl/α,β-unsaturated/α-hetero) is 1. The van der Waals surface area contributed by atoms with E-state index in [1.807, 2.05) is 12.3 Å². The van der Waals surface area contributed by atoms with Gasteiger partial charge in [0.15, 0.2) is 5.78 Å². The van der Waals surface area contributed by atoms with Crippen LogP contribution in [-0.4, -0.2) is 46.9 Å². The first-order chi connectivity index (χ1) is 23.2. The van der Waals surface area contributed by atoms with Gasteiger partial charge in [0.1, 0.15) is 11.4 Å². The number of halogens is 2. The van der Waals surface area contributed by atoms with E-state index in [0.29, 0.717) is 41.1 Å². The molecule has 0 radical (unpaired) electrons. The fraction of sp³-hybridized carbons (Fsp3) is 0.486. The van der Waals surface area contributed by atoms with Crippen LogP contribution < -0.4 is 16.2 Å². The molecule has 0 spiro atoms. The number of alkyl halides is 2. The molecule has 250 valence electrons. The van der Waals surface area contributed by atoms with Gasteiger partial charge in [0, 0.05) is 68.4 Å². The van der Waals surface area contributed by atoms with E-state index in [1.54, 1.807) is 34.9 Å². The van der Waals surface area contributed by atoms with Gasteiger partial charge in [-0.25, -0.2) is 13.8 Å². The van der Waals surface area contributed by atoms with Gasteiger partial charge in [-0.15, -0.1) is 0 Å². The summed E-state index contributed by atoms with van der Waals surface area (Å²) in [5.74, 6) is -2.70. The highest BCUT2D eigenvalue weighted by Gasteiger charge is 2.44. The second kappa shape index (κ2) is 13.3. The zero-order valence-electron chi connectivity index (χ0n) is 26.8. The third kappa shape index (κ3) is 7.40. The molecule has 1 atom stereocenters. The van der Waals surface area contributed by atoms with E-state index in [4.69, 9.17) is 9.72 Å². The molecule has 4 aliphatic rings. The lowest BCUT2D eigenvalue weighted by atomic mass is 9.77. The average Bonchev–Trinajstić information content (AvgIpc) is 4.01. The topological polar surface area (TPSA) is 126 Å². The molecule has 0 bridgehead atoms. The number of hydrogen-bond acceptors (Lipinski definition) is 7. The summed E-state index contributed by atoms with van der Waals surface area (Å²) >= 11 is 0. The smallest absolute Gasteiger partial charge is 0.263 e. The maximum Gasteiger partial charge on any atom is 0.263 e. The fourth-order valence-electron chi connectivity index (χ4n) is 6.81. The average molecular weight is 656 g/mol. The van der Waals surface area contributed by atoms with Crippen molar-refractivity contribution < 1.29 is 23.1 Å². The van der Waals surface area contributed by atoms with Crippen molar-refractivity contribution in [2.75, 3.05) is 25.1 Å². The number of hydrogen-bond donors (Lipinski definition) is 2. The van der Waals surface area contributed by atoms with Crippen molar-refractivity contribution in [1.82, 2.24) is 14.9 Å². The van der Waals surface area contributed by atoms with Crippen molar-refractivity contribution in [2.24, 2.45) is 11.8 Å². The highest BCUT2D eigenvalue weighted by Crippen LogP contribution is 2.45. The number of pyridine rings is 2. The quantitative estimate of drug-likeness (QED) is 0.205. The highest BCUT2D eigenvalue weighted by atomic mass is 19.3. The minimum atomic E-state index is -2.65. The van der Waals surface area contributed by atoms with Crippen molar-refractivity contribution >= 4 is 17.5 Å². The summed E-state index contributed by atoms with van der Waals surface area (Å²) in [5, 5.41) is 15.9. The zero-order chi connectivity index (χ0) is 33.4. The van der Waals surface area contributed by atoms with Gasteiger partial charge in [0.05, 0.1) is 18.2 Å². The number of nitriles is 1. The van der Waals surface area contributed by atoms with E-state index in [1.165, 1.54) is 0 Å². The van der Waals surface area contributed by atoms with Gasteiger partial charge in [0.2, 0.25) is 5.92 Å². The minimum Gasteiger partial charge on any atom is -0.381 e. The third-order valence-corrected chi connectivity index (χ3v) is 9.87. The fourth-order valence-corrected chi connectivity index (χ4v) is 6.81. The molecule has 0 unspecified atom stereocenters. The number of carbonyl (C=O) groups is 2. The molecule has 2 N–H and O–H groups in total. The van der Waals surface area contributed by atoms with Crippen LogP contribution in [0.15, 0.2) is 47.4 Å². The lowest BCUT2D eigenvalue weighted by Gasteiger charge is -2.34. The standard InChI is InChI=1S/C37H39F2N5O4/c38-37(39)15-23(16-37)2-8-33(45)30-11-22(17-40)1-7-29(30)27-13-32(26-3-4-26)42-34(14-27)43-35(46)31-12-25(19-41-18-24-9-10-48-21-24)20-44(36(31)47)28-5-6-28/h1,7,11-14,20,23-24,26,28,41H,2-6,8-10,15-16,18-19,21H2,(H,42,43,46)/t24-/m0/s1. The number of benzene rings is 1. The molecule has 1 aliphatic heterocycles. The lowest BCUT2D eigenvalue weighted by Crippen LogP contribution is -2.35. The van der Waals surface area contributed by atoms with Crippen LogP contribution in [0.25, 0.3) is 11.1 Å². The van der Waals surface area contributed by atoms with Crippen LogP contribution in [0.2, 0.25) is 0 Å². The second-order valence-corrected chi connectivity index (χ2v) is 13.9. The van der Waals surface area contributed by atoms with E-state index >= 15 is 0 Å². The molecular weight excluding hydrogens is 616 g/mol. The Bertz CT molecular complexity index is 1830. The Hall–Kier alpha value is -4.27. The largest absolute Gasteiger partial charge is 0.381 e. The Morgan fingerprint density at radius 2 is 1.85 bits per heavy atom. The lowest BCUT2D eigenvalue weighted by molar-refractivity contribution is -0.111. The Morgan fingerprint density at radius 1 is 1.04 bits per heavy atom. The van der Waals surface area contributed by atoms with Gasteiger partial charge >= 0.3 is 0 Å². The summed E-state index contributed by atoms with van der Waals surface area (Å²) in [6.07, 6.45) is 6.59. The summed E-state index contributed by atoms with van der Waals surface area (Å²) in [6.45, 7) is 2.81. The number of ketones is 1. The van der Waals surface area contributed by atoms with Crippen molar-refractivity contribution in [1.29, 1.82) is 5.26 Å². The number of anilines is 1. The Labute approximate surface area is 277 Å². The van der Waals surface area contributed by atoms with Gasteiger partial charge < -0.3 is 19.9 Å². The summed E-state index contributed by atoms with van der Waals surface area (Å²) in [4.78, 5) is 45.4. The van der Waals surface area contributed by atoms with E-state index in [0.717, 1.165) is 63.1 Å². The molecule has 9 nitrogen and oxygen atoms in total. The molecule has 3 aromatic rings. The number of amides is 1. The van der Waals surface area contributed by atoms with E-state index in [9.17, 15) is 28.4 Å². The maximum atomic E-state index is 13.8. The summed E-state index contributed by atoms with van der Waals surface area (Å²) in [5.41, 5.74) is 3.20. The van der Waals surface area contributed by atoms with Crippen molar-refractivity contribution in [2.45, 2.75) is 82.2 Å². The first-order valence-electron chi connectivity index (χ1n) is 17.0. The van der Waals surface area contributed by atoms with Crippen molar-refractivity contribution in [3.8, 4) is 17.2 Å². The highest BCUT2D eigenvalue weighted by molar-refractivity contribution is 6.05. The number of nitrogens with zero attached hydrogens (tertiary/aromatic N) is 3. The van der Waals surface area contributed by atoms with E-state index in [-0.39, 0.29) is 59.9 Å². The molecular formula is C37H39F2N5O4. The molecule has 11 heteroatoms. The van der Waals surface area contributed by atoms with E-state index in [2.05, 4.69) is 16.7 Å². The maximum absolute atomic E-state index is 13.8. The Kier molecular flexibility index (Phi) is 8.96. The van der Waals surface area contributed by atoms with Crippen LogP contribution in [-0.2, 0) is 11.3 Å². The zero-order valence-corrected chi connectivity index (χ0v) is 26.8. The summed E-state index contributed by atoms with van der Waals surface area (Å²) in [7, 11) is 0. The van der Waals surface area contributed by atoms with Crippen LogP contribution in [0.1, 0.15) is 107 Å². The van der Waals surface area contributed by atoms with Crippen LogP contribution >= 0.6 is 0 Å². The predicted molar refractivity (Wildman–Crippen MR) is 175 cm³/mol. The number of carbonyl (C=O) groups excluding carboxylic acids is 2. The van der Waals surface area contributed by atoms with Gasteiger partial charge in [-0.05, 0) is 97.4 Å². The predicted octanol–water partition coefficient (Wildman–Crippen LogP) is 6.38. The molecule has 3 saturated carbocycles. The second-order valence-electron chi connectivity index (χ2n) is 13.9. The van der Waals surface area contributed by atoms with Crippen molar-refractivity contribution in [3.05, 3.63) is 80.9 Å².